The van der Waals surface area contributed by atoms with Gasteiger partial charge in [0.15, 0.2) is 5.13 Å². The van der Waals surface area contributed by atoms with Gasteiger partial charge in [0.2, 0.25) is 0 Å². The summed E-state index contributed by atoms with van der Waals surface area (Å²) in [4.78, 5) is 4.34. The molecule has 0 unspecified atom stereocenters. The Morgan fingerprint density at radius 1 is 1.10 bits per heavy atom. The predicted octanol–water partition coefficient (Wildman–Crippen LogP) is 4.33. The second-order valence-electron chi connectivity index (χ2n) is 4.10. The normalized spacial score (nSPS) is 10.8. The molecule has 0 spiro atoms. The minimum Gasteiger partial charge on any atom is -0.494 e. The number of anilines is 2. The first-order valence-electron chi connectivity index (χ1n) is 5.82. The van der Waals surface area contributed by atoms with Gasteiger partial charge in [-0.15, -0.1) is 0 Å². The Morgan fingerprint density at radius 3 is 2.65 bits per heavy atom. The SMILES string of the molecule is COc1cc(F)ccc1Nc1nc2ccc(F)cc2s1. The number of methoxy groups -OCH3 is 1. The van der Waals surface area contributed by atoms with Crippen molar-refractivity contribution >= 4 is 32.4 Å². The summed E-state index contributed by atoms with van der Waals surface area (Å²) >= 11 is 1.32. The maximum Gasteiger partial charge on any atom is 0.188 e. The van der Waals surface area contributed by atoms with Gasteiger partial charge in [0.25, 0.3) is 0 Å². The van der Waals surface area contributed by atoms with E-state index in [4.69, 9.17) is 4.74 Å². The van der Waals surface area contributed by atoms with Crippen LogP contribution in [0.4, 0.5) is 19.6 Å². The van der Waals surface area contributed by atoms with Crippen molar-refractivity contribution in [3.63, 3.8) is 0 Å². The molecular weight excluding hydrogens is 282 g/mol. The van der Waals surface area contributed by atoms with E-state index in [1.54, 1.807) is 12.1 Å². The van der Waals surface area contributed by atoms with Crippen LogP contribution in [-0.4, -0.2) is 12.1 Å². The molecule has 0 amide bonds. The number of hydrogen-bond acceptors (Lipinski definition) is 4. The van der Waals surface area contributed by atoms with Gasteiger partial charge in [-0.3, -0.25) is 0 Å². The monoisotopic (exact) mass is 292 g/mol. The number of nitrogens with one attached hydrogen (secondary N) is 1. The third-order valence-electron chi connectivity index (χ3n) is 2.76. The zero-order valence-electron chi connectivity index (χ0n) is 10.5. The number of benzene rings is 2. The molecule has 0 radical (unpaired) electrons. The average Bonchev–Trinajstić information content (AvgIpc) is 2.82. The van der Waals surface area contributed by atoms with Crippen molar-refractivity contribution in [2.75, 3.05) is 12.4 Å². The van der Waals surface area contributed by atoms with Gasteiger partial charge >= 0.3 is 0 Å². The molecule has 0 aliphatic carbocycles. The second kappa shape index (κ2) is 5.05. The fourth-order valence-electron chi connectivity index (χ4n) is 1.84. The summed E-state index contributed by atoms with van der Waals surface area (Å²) in [5.41, 5.74) is 1.31. The van der Waals surface area contributed by atoms with E-state index in [2.05, 4.69) is 10.3 Å². The summed E-state index contributed by atoms with van der Waals surface area (Å²) in [5.74, 6) is -0.290. The Bertz CT molecular complexity index is 773. The maximum atomic E-state index is 13.1. The molecule has 0 aliphatic heterocycles. The van der Waals surface area contributed by atoms with Crippen LogP contribution in [0.1, 0.15) is 0 Å². The minimum absolute atomic E-state index is 0.299. The lowest BCUT2D eigenvalue weighted by atomic mass is 10.3. The van der Waals surface area contributed by atoms with E-state index in [1.165, 1.54) is 42.7 Å². The van der Waals surface area contributed by atoms with Gasteiger partial charge in [-0.1, -0.05) is 11.3 Å². The van der Waals surface area contributed by atoms with Crippen molar-refractivity contribution in [1.29, 1.82) is 0 Å². The summed E-state index contributed by atoms with van der Waals surface area (Å²) in [6, 6.07) is 8.60. The zero-order chi connectivity index (χ0) is 14.1. The Balaban J connectivity index is 1.96. The number of ether oxygens (including phenoxy) is 1. The Labute approximate surface area is 117 Å². The quantitative estimate of drug-likeness (QED) is 0.780. The number of halogens is 2. The van der Waals surface area contributed by atoms with Crippen LogP contribution in [0.25, 0.3) is 10.2 Å². The molecule has 0 atom stereocenters. The molecule has 0 aliphatic rings. The Kier molecular flexibility index (Phi) is 3.23. The first kappa shape index (κ1) is 12.8. The minimum atomic E-state index is -0.376. The first-order valence-corrected chi connectivity index (χ1v) is 6.64. The van der Waals surface area contributed by atoms with Crippen LogP contribution in [0.2, 0.25) is 0 Å². The molecule has 102 valence electrons. The smallest absolute Gasteiger partial charge is 0.188 e. The summed E-state index contributed by atoms with van der Waals surface area (Å²) < 4.78 is 32.1. The Hall–Kier alpha value is -2.21. The number of hydrogen-bond donors (Lipinski definition) is 1. The van der Waals surface area contributed by atoms with Crippen molar-refractivity contribution in [1.82, 2.24) is 4.98 Å². The zero-order valence-corrected chi connectivity index (χ0v) is 11.3. The first-order chi connectivity index (χ1) is 9.65. The van der Waals surface area contributed by atoms with Gasteiger partial charge in [0.05, 0.1) is 23.0 Å². The number of nitrogens with zero attached hydrogens (tertiary/aromatic N) is 1. The van der Waals surface area contributed by atoms with E-state index >= 15 is 0 Å². The van der Waals surface area contributed by atoms with Crippen LogP contribution in [0.3, 0.4) is 0 Å². The van der Waals surface area contributed by atoms with Crippen LogP contribution in [0, 0.1) is 11.6 Å². The standard InChI is InChI=1S/C14H10F2N2OS/c1-19-12-6-8(15)2-4-10(12)17-14-18-11-5-3-9(16)7-13(11)20-14/h2-7H,1H3,(H,17,18). The third kappa shape index (κ3) is 2.42. The lowest BCUT2D eigenvalue weighted by Crippen LogP contribution is -1.94. The molecule has 0 fully saturated rings. The molecule has 20 heavy (non-hydrogen) atoms. The Morgan fingerprint density at radius 2 is 1.85 bits per heavy atom. The predicted molar refractivity (Wildman–Crippen MR) is 75.8 cm³/mol. The molecule has 0 saturated heterocycles. The molecule has 0 saturated carbocycles. The third-order valence-corrected chi connectivity index (χ3v) is 3.69. The van der Waals surface area contributed by atoms with E-state index in [-0.39, 0.29) is 11.6 Å². The van der Waals surface area contributed by atoms with Crippen molar-refractivity contribution in [3.8, 4) is 5.75 Å². The number of rotatable bonds is 3. The maximum absolute atomic E-state index is 13.1. The van der Waals surface area contributed by atoms with Crippen molar-refractivity contribution in [2.24, 2.45) is 0 Å². The lowest BCUT2D eigenvalue weighted by molar-refractivity contribution is 0.413. The molecule has 1 aromatic heterocycles. The van der Waals surface area contributed by atoms with Crippen LogP contribution < -0.4 is 10.1 Å². The van der Waals surface area contributed by atoms with Gasteiger partial charge in [-0.25, -0.2) is 13.8 Å². The molecule has 0 bridgehead atoms. The van der Waals surface area contributed by atoms with Gasteiger partial charge in [-0.2, -0.15) is 0 Å². The van der Waals surface area contributed by atoms with Crippen LogP contribution in [0.15, 0.2) is 36.4 Å². The molecule has 3 aromatic rings. The number of thiazole rings is 1. The summed E-state index contributed by atoms with van der Waals surface area (Å²) in [6.45, 7) is 0. The highest BCUT2D eigenvalue weighted by Crippen LogP contribution is 2.32. The molecule has 6 heteroatoms. The van der Waals surface area contributed by atoms with E-state index in [0.29, 0.717) is 22.1 Å². The highest BCUT2D eigenvalue weighted by Gasteiger charge is 2.09. The summed E-state index contributed by atoms with van der Waals surface area (Å²) in [6.07, 6.45) is 0. The van der Waals surface area contributed by atoms with E-state index in [9.17, 15) is 8.78 Å². The highest BCUT2D eigenvalue weighted by atomic mass is 32.1. The average molecular weight is 292 g/mol. The molecule has 2 aromatic carbocycles. The van der Waals surface area contributed by atoms with E-state index in [1.807, 2.05) is 0 Å². The van der Waals surface area contributed by atoms with Gasteiger partial charge < -0.3 is 10.1 Å². The number of fused-ring (bicyclic) bond motifs is 1. The van der Waals surface area contributed by atoms with Gasteiger partial charge in [-0.05, 0) is 30.3 Å². The fraction of sp³-hybridized carbons (Fsp3) is 0.0714. The molecule has 1 N–H and O–H groups in total. The fourth-order valence-corrected chi connectivity index (χ4v) is 2.74. The van der Waals surface area contributed by atoms with Gasteiger partial charge in [0.1, 0.15) is 17.4 Å². The van der Waals surface area contributed by atoms with Gasteiger partial charge in [0, 0.05) is 6.07 Å². The summed E-state index contributed by atoms with van der Waals surface area (Å²) in [5, 5.41) is 3.65. The second-order valence-corrected chi connectivity index (χ2v) is 5.13. The van der Waals surface area contributed by atoms with Crippen LogP contribution >= 0.6 is 11.3 Å². The van der Waals surface area contributed by atoms with E-state index < -0.39 is 0 Å². The lowest BCUT2D eigenvalue weighted by Gasteiger charge is -2.08. The van der Waals surface area contributed by atoms with E-state index in [0.717, 1.165) is 4.70 Å². The highest BCUT2D eigenvalue weighted by molar-refractivity contribution is 7.22. The molecular formula is C14H10F2N2OS. The van der Waals surface area contributed by atoms with Crippen molar-refractivity contribution < 1.29 is 13.5 Å². The molecule has 3 rings (SSSR count). The van der Waals surface area contributed by atoms with Crippen LogP contribution in [0.5, 0.6) is 5.75 Å². The molecule has 3 nitrogen and oxygen atoms in total. The van der Waals surface area contributed by atoms with Crippen molar-refractivity contribution in [3.05, 3.63) is 48.0 Å². The summed E-state index contributed by atoms with van der Waals surface area (Å²) in [7, 11) is 1.47. The van der Waals surface area contributed by atoms with Crippen LogP contribution in [-0.2, 0) is 0 Å². The topological polar surface area (TPSA) is 34.1 Å². The number of aromatic nitrogens is 1. The largest absolute Gasteiger partial charge is 0.494 e. The molecule has 1 heterocycles. The van der Waals surface area contributed by atoms with Crippen molar-refractivity contribution in [2.45, 2.75) is 0 Å².